The number of hydrogen-bond acceptors (Lipinski definition) is 2. The monoisotopic (exact) mass is 225 g/mol. The molecule has 1 heterocycles. The number of nitrogens with one attached hydrogen (secondary N) is 1. The van der Waals surface area contributed by atoms with Crippen LogP contribution in [0, 0.1) is 11.8 Å². The Morgan fingerprint density at radius 3 is 2.19 bits per heavy atom. The summed E-state index contributed by atoms with van der Waals surface area (Å²) in [7, 11) is 0. The van der Waals surface area contributed by atoms with Crippen molar-refractivity contribution in [1.82, 2.24) is 5.32 Å². The molecule has 0 radical (unpaired) electrons. The van der Waals surface area contributed by atoms with Gasteiger partial charge in [-0.1, -0.05) is 52.4 Å². The van der Waals surface area contributed by atoms with Crippen molar-refractivity contribution in [1.29, 1.82) is 0 Å². The summed E-state index contributed by atoms with van der Waals surface area (Å²) in [6.45, 7) is 4.05. The molecule has 92 valence electrons. The van der Waals surface area contributed by atoms with E-state index in [2.05, 4.69) is 12.2 Å². The summed E-state index contributed by atoms with van der Waals surface area (Å²) in [6.07, 6.45) is 8.23. The standard InChI is InChI=1S/C13H23NO2/c1-3-4-5-6-7-8-9-11-10(2)12(15)14-13(11)16/h10-11H,3-9H2,1-2H3,(H,14,15,16). The second-order valence-electron chi connectivity index (χ2n) is 4.81. The van der Waals surface area contributed by atoms with Gasteiger partial charge in [-0.2, -0.15) is 0 Å². The van der Waals surface area contributed by atoms with Crippen molar-refractivity contribution >= 4 is 11.8 Å². The summed E-state index contributed by atoms with van der Waals surface area (Å²) in [5.74, 6) is -0.353. The first-order chi connectivity index (χ1) is 7.66. The van der Waals surface area contributed by atoms with Gasteiger partial charge in [0.2, 0.25) is 11.8 Å². The van der Waals surface area contributed by atoms with E-state index in [0.717, 1.165) is 12.8 Å². The third-order valence-electron chi connectivity index (χ3n) is 3.47. The van der Waals surface area contributed by atoms with E-state index in [4.69, 9.17) is 0 Å². The van der Waals surface area contributed by atoms with Gasteiger partial charge in [0, 0.05) is 11.8 Å². The van der Waals surface area contributed by atoms with Crippen molar-refractivity contribution in [2.24, 2.45) is 11.8 Å². The van der Waals surface area contributed by atoms with Crippen LogP contribution in [0.25, 0.3) is 0 Å². The van der Waals surface area contributed by atoms with Crippen molar-refractivity contribution in [2.45, 2.75) is 58.8 Å². The molecule has 2 amide bonds. The van der Waals surface area contributed by atoms with Crippen LogP contribution in [-0.2, 0) is 9.59 Å². The zero-order valence-corrected chi connectivity index (χ0v) is 10.4. The van der Waals surface area contributed by atoms with Gasteiger partial charge in [-0.3, -0.25) is 14.9 Å². The van der Waals surface area contributed by atoms with Crippen molar-refractivity contribution in [3.8, 4) is 0 Å². The molecule has 2 atom stereocenters. The number of rotatable bonds is 7. The molecule has 0 spiro atoms. The first-order valence-corrected chi connectivity index (χ1v) is 6.51. The molecule has 1 saturated heterocycles. The highest BCUT2D eigenvalue weighted by molar-refractivity contribution is 6.04. The Balaban J connectivity index is 2.13. The molecular formula is C13H23NO2. The van der Waals surface area contributed by atoms with Crippen molar-refractivity contribution in [3.63, 3.8) is 0 Å². The van der Waals surface area contributed by atoms with Crippen LogP contribution in [0.15, 0.2) is 0 Å². The molecule has 3 heteroatoms. The number of carbonyl (C=O) groups excluding carboxylic acids is 2. The van der Waals surface area contributed by atoms with E-state index in [1.165, 1.54) is 32.1 Å². The van der Waals surface area contributed by atoms with Crippen LogP contribution < -0.4 is 5.32 Å². The van der Waals surface area contributed by atoms with Crippen molar-refractivity contribution < 1.29 is 9.59 Å². The Morgan fingerprint density at radius 2 is 1.62 bits per heavy atom. The molecule has 1 fully saturated rings. The van der Waals surface area contributed by atoms with E-state index in [-0.39, 0.29) is 23.7 Å². The highest BCUT2D eigenvalue weighted by Crippen LogP contribution is 2.24. The number of unbranched alkanes of at least 4 members (excludes halogenated alkanes) is 5. The van der Waals surface area contributed by atoms with Crippen molar-refractivity contribution in [3.05, 3.63) is 0 Å². The molecule has 0 aromatic heterocycles. The maximum absolute atomic E-state index is 11.4. The lowest BCUT2D eigenvalue weighted by Crippen LogP contribution is -2.22. The van der Waals surface area contributed by atoms with Crippen LogP contribution in [0.1, 0.15) is 58.8 Å². The summed E-state index contributed by atoms with van der Waals surface area (Å²) < 4.78 is 0. The minimum absolute atomic E-state index is 0.0638. The summed E-state index contributed by atoms with van der Waals surface area (Å²) in [5.41, 5.74) is 0. The fourth-order valence-corrected chi connectivity index (χ4v) is 2.26. The Labute approximate surface area is 98.0 Å². The highest BCUT2D eigenvalue weighted by atomic mass is 16.2. The first kappa shape index (κ1) is 13.2. The second-order valence-corrected chi connectivity index (χ2v) is 4.81. The predicted octanol–water partition coefficient (Wildman–Crippen LogP) is 2.65. The smallest absolute Gasteiger partial charge is 0.230 e. The number of carbonyl (C=O) groups is 2. The SMILES string of the molecule is CCCCCCCCC1C(=O)NC(=O)C1C. The van der Waals surface area contributed by atoms with Crippen LogP contribution in [0.5, 0.6) is 0 Å². The largest absolute Gasteiger partial charge is 0.296 e. The van der Waals surface area contributed by atoms with E-state index in [0.29, 0.717) is 0 Å². The summed E-state index contributed by atoms with van der Waals surface area (Å²) >= 11 is 0. The van der Waals surface area contributed by atoms with Gasteiger partial charge in [0.15, 0.2) is 0 Å². The molecule has 1 aliphatic rings. The normalized spacial score (nSPS) is 24.9. The third-order valence-corrected chi connectivity index (χ3v) is 3.47. The molecule has 0 bridgehead atoms. The van der Waals surface area contributed by atoms with Gasteiger partial charge < -0.3 is 0 Å². The molecule has 3 nitrogen and oxygen atoms in total. The van der Waals surface area contributed by atoms with E-state index < -0.39 is 0 Å². The zero-order valence-electron chi connectivity index (χ0n) is 10.4. The van der Waals surface area contributed by atoms with E-state index in [9.17, 15) is 9.59 Å². The fraction of sp³-hybridized carbons (Fsp3) is 0.846. The lowest BCUT2D eigenvalue weighted by Gasteiger charge is -2.10. The number of hydrogen-bond donors (Lipinski definition) is 1. The molecule has 2 unspecified atom stereocenters. The maximum Gasteiger partial charge on any atom is 0.230 e. The molecule has 1 N–H and O–H groups in total. The van der Waals surface area contributed by atoms with Crippen LogP contribution in [0.4, 0.5) is 0 Å². The third kappa shape index (κ3) is 3.62. The number of imide groups is 1. The number of amides is 2. The van der Waals surface area contributed by atoms with E-state index in [1.54, 1.807) is 0 Å². The van der Waals surface area contributed by atoms with Crippen molar-refractivity contribution in [2.75, 3.05) is 0 Å². The Kier molecular flexibility index (Phi) is 5.50. The Bertz CT molecular complexity index is 250. The molecule has 0 aliphatic carbocycles. The molecule has 0 aromatic rings. The molecule has 0 aromatic carbocycles. The average Bonchev–Trinajstić information content (AvgIpc) is 2.49. The van der Waals surface area contributed by atoms with E-state index in [1.807, 2.05) is 6.92 Å². The van der Waals surface area contributed by atoms with Gasteiger partial charge in [-0.25, -0.2) is 0 Å². The average molecular weight is 225 g/mol. The Hall–Kier alpha value is -0.860. The lowest BCUT2D eigenvalue weighted by molar-refractivity contribution is -0.126. The van der Waals surface area contributed by atoms with Crippen LogP contribution in [0.3, 0.4) is 0 Å². The summed E-state index contributed by atoms with van der Waals surface area (Å²) in [5, 5.41) is 2.40. The van der Waals surface area contributed by atoms with Gasteiger partial charge in [0.25, 0.3) is 0 Å². The zero-order chi connectivity index (χ0) is 12.0. The van der Waals surface area contributed by atoms with Gasteiger partial charge >= 0.3 is 0 Å². The lowest BCUT2D eigenvalue weighted by atomic mass is 9.91. The molecule has 0 saturated carbocycles. The molecule has 1 aliphatic heterocycles. The minimum Gasteiger partial charge on any atom is -0.296 e. The minimum atomic E-state index is -0.122. The summed E-state index contributed by atoms with van der Waals surface area (Å²) in [4.78, 5) is 22.7. The topological polar surface area (TPSA) is 46.2 Å². The van der Waals surface area contributed by atoms with Crippen LogP contribution >= 0.6 is 0 Å². The first-order valence-electron chi connectivity index (χ1n) is 6.51. The van der Waals surface area contributed by atoms with Gasteiger partial charge in [-0.15, -0.1) is 0 Å². The predicted molar refractivity (Wildman–Crippen MR) is 63.8 cm³/mol. The van der Waals surface area contributed by atoms with Crippen LogP contribution in [0.2, 0.25) is 0 Å². The summed E-state index contributed by atoms with van der Waals surface area (Å²) in [6, 6.07) is 0. The molecule has 1 rings (SSSR count). The second kappa shape index (κ2) is 6.66. The Morgan fingerprint density at radius 1 is 1.00 bits per heavy atom. The van der Waals surface area contributed by atoms with Gasteiger partial charge in [-0.05, 0) is 6.42 Å². The van der Waals surface area contributed by atoms with E-state index >= 15 is 0 Å². The van der Waals surface area contributed by atoms with Gasteiger partial charge in [0.1, 0.15) is 0 Å². The van der Waals surface area contributed by atoms with Crippen LogP contribution in [-0.4, -0.2) is 11.8 Å². The highest BCUT2D eigenvalue weighted by Gasteiger charge is 2.37. The maximum atomic E-state index is 11.4. The molecule has 16 heavy (non-hydrogen) atoms. The van der Waals surface area contributed by atoms with Gasteiger partial charge in [0.05, 0.1) is 0 Å². The molecular weight excluding hydrogens is 202 g/mol. The fourth-order valence-electron chi connectivity index (χ4n) is 2.26. The quantitative estimate of drug-likeness (QED) is 0.535.